The zero-order valence-corrected chi connectivity index (χ0v) is 17.7. The van der Waals surface area contributed by atoms with Crippen LogP contribution in [0.3, 0.4) is 0 Å². The van der Waals surface area contributed by atoms with E-state index in [-0.39, 0.29) is 19.1 Å². The summed E-state index contributed by atoms with van der Waals surface area (Å²) in [5.74, 6) is -0.695. The number of hydrogen-bond acceptors (Lipinski definition) is 6. The molecule has 2 atom stereocenters. The van der Waals surface area contributed by atoms with E-state index in [1.807, 2.05) is 13.0 Å². The zero-order valence-electron chi connectivity index (χ0n) is 17.7. The predicted octanol–water partition coefficient (Wildman–Crippen LogP) is 4.28. The Balaban J connectivity index is 2.20. The highest BCUT2D eigenvalue weighted by Gasteiger charge is 2.26. The van der Waals surface area contributed by atoms with Crippen LogP contribution in [0.25, 0.3) is 0 Å². The number of amides is 1. The standard InChI is InChI=1S/C24H26N2O6/c1-17(6-2-5-9-22(28)29)23(20-7-3-4-8-21(20)31-15-14-27)32-24(30)26-19-12-10-18(16-25)11-13-19/h3-5,7-13,17,23,27H,2,6,14-15H2,1H3,(H,26,30)(H,28,29)/b9-5+/t17-,23-/m0/s1. The van der Waals surface area contributed by atoms with Crippen LogP contribution in [0.1, 0.15) is 37.0 Å². The van der Waals surface area contributed by atoms with E-state index >= 15 is 0 Å². The lowest BCUT2D eigenvalue weighted by molar-refractivity contribution is -0.131. The van der Waals surface area contributed by atoms with Gasteiger partial charge >= 0.3 is 12.1 Å². The van der Waals surface area contributed by atoms with Gasteiger partial charge in [-0.2, -0.15) is 5.26 Å². The van der Waals surface area contributed by atoms with Gasteiger partial charge in [-0.3, -0.25) is 5.32 Å². The molecule has 0 radical (unpaired) electrons. The fourth-order valence-electron chi connectivity index (χ4n) is 3.07. The molecule has 0 aliphatic heterocycles. The molecule has 1 amide bonds. The van der Waals surface area contributed by atoms with Crippen molar-refractivity contribution in [2.75, 3.05) is 18.5 Å². The number of nitrogens with zero attached hydrogens (tertiary/aromatic N) is 1. The minimum absolute atomic E-state index is 0.0941. The lowest BCUT2D eigenvalue weighted by Gasteiger charge is -2.26. The molecule has 168 valence electrons. The Morgan fingerprint density at radius 3 is 2.56 bits per heavy atom. The Morgan fingerprint density at radius 2 is 1.91 bits per heavy atom. The maximum atomic E-state index is 12.6. The molecule has 0 bridgehead atoms. The van der Waals surface area contributed by atoms with Crippen LogP contribution in [-0.2, 0) is 9.53 Å². The molecule has 0 aromatic heterocycles. The van der Waals surface area contributed by atoms with Crippen LogP contribution in [0.15, 0.2) is 60.7 Å². The minimum atomic E-state index is -1.02. The Hall–Kier alpha value is -3.83. The summed E-state index contributed by atoms with van der Waals surface area (Å²) in [7, 11) is 0. The van der Waals surface area contributed by atoms with Crippen LogP contribution >= 0.6 is 0 Å². The van der Waals surface area contributed by atoms with E-state index in [0.717, 1.165) is 6.08 Å². The number of nitrogens with one attached hydrogen (secondary N) is 1. The fourth-order valence-corrected chi connectivity index (χ4v) is 3.07. The largest absolute Gasteiger partial charge is 0.491 e. The number of hydrogen-bond donors (Lipinski definition) is 3. The molecule has 3 N–H and O–H groups in total. The molecular formula is C24H26N2O6. The van der Waals surface area contributed by atoms with Gasteiger partial charge in [0.2, 0.25) is 0 Å². The number of carbonyl (C=O) groups excluding carboxylic acids is 1. The number of rotatable bonds is 11. The van der Waals surface area contributed by atoms with Crippen molar-refractivity contribution in [3.63, 3.8) is 0 Å². The topological polar surface area (TPSA) is 129 Å². The summed E-state index contributed by atoms with van der Waals surface area (Å²) < 4.78 is 11.4. The van der Waals surface area contributed by atoms with Gasteiger partial charge in [-0.05, 0) is 49.1 Å². The molecule has 2 aromatic rings. The Labute approximate surface area is 186 Å². The van der Waals surface area contributed by atoms with Crippen molar-refractivity contribution in [1.82, 2.24) is 0 Å². The maximum Gasteiger partial charge on any atom is 0.412 e. The van der Waals surface area contributed by atoms with Gasteiger partial charge in [0.25, 0.3) is 0 Å². The van der Waals surface area contributed by atoms with Crippen molar-refractivity contribution < 1.29 is 29.3 Å². The van der Waals surface area contributed by atoms with Gasteiger partial charge in [0, 0.05) is 17.3 Å². The number of anilines is 1. The first-order chi connectivity index (χ1) is 15.4. The molecule has 2 aromatic carbocycles. The average Bonchev–Trinajstić information content (AvgIpc) is 2.79. The average molecular weight is 438 g/mol. The summed E-state index contributed by atoms with van der Waals surface area (Å²) >= 11 is 0. The first-order valence-corrected chi connectivity index (χ1v) is 10.1. The van der Waals surface area contributed by atoms with Gasteiger partial charge in [-0.25, -0.2) is 9.59 Å². The second kappa shape index (κ2) is 12.8. The van der Waals surface area contributed by atoms with Crippen molar-refractivity contribution >= 4 is 17.7 Å². The van der Waals surface area contributed by atoms with Crippen molar-refractivity contribution in [2.24, 2.45) is 5.92 Å². The van der Waals surface area contributed by atoms with Crippen LogP contribution in [0.2, 0.25) is 0 Å². The van der Waals surface area contributed by atoms with E-state index < -0.39 is 18.2 Å². The van der Waals surface area contributed by atoms with Gasteiger partial charge < -0.3 is 19.7 Å². The van der Waals surface area contributed by atoms with Crippen molar-refractivity contribution in [3.8, 4) is 11.8 Å². The lowest BCUT2D eigenvalue weighted by atomic mass is 9.92. The van der Waals surface area contributed by atoms with Crippen molar-refractivity contribution in [1.29, 1.82) is 5.26 Å². The fraction of sp³-hybridized carbons (Fsp3) is 0.292. The highest BCUT2D eigenvalue weighted by Crippen LogP contribution is 2.35. The van der Waals surface area contributed by atoms with Crippen LogP contribution in [0, 0.1) is 17.2 Å². The number of carboxylic acid groups (broad SMARTS) is 1. The van der Waals surface area contributed by atoms with E-state index in [2.05, 4.69) is 5.32 Å². The molecule has 0 spiro atoms. The summed E-state index contributed by atoms with van der Waals surface area (Å²) in [6, 6.07) is 15.5. The number of benzene rings is 2. The monoisotopic (exact) mass is 438 g/mol. The molecule has 0 saturated carbocycles. The first kappa shape index (κ1) is 24.4. The van der Waals surface area contributed by atoms with E-state index in [4.69, 9.17) is 24.9 Å². The Bertz CT molecular complexity index is 965. The second-order valence-corrected chi connectivity index (χ2v) is 7.05. The third-order valence-electron chi connectivity index (χ3n) is 4.63. The third-order valence-corrected chi connectivity index (χ3v) is 4.63. The number of ether oxygens (including phenoxy) is 2. The van der Waals surface area contributed by atoms with Gasteiger partial charge in [-0.1, -0.05) is 31.2 Å². The second-order valence-electron chi connectivity index (χ2n) is 7.05. The molecule has 0 heterocycles. The van der Waals surface area contributed by atoms with Crippen LogP contribution in [0.5, 0.6) is 5.75 Å². The molecular weight excluding hydrogens is 412 g/mol. The summed E-state index contributed by atoms with van der Waals surface area (Å²) in [5, 5.41) is 29.4. The molecule has 0 aliphatic rings. The summed E-state index contributed by atoms with van der Waals surface area (Å²) in [6.07, 6.45) is 2.34. The summed E-state index contributed by atoms with van der Waals surface area (Å²) in [4.78, 5) is 23.3. The normalized spacial score (nSPS) is 12.5. The molecule has 8 nitrogen and oxygen atoms in total. The van der Waals surface area contributed by atoms with Crippen molar-refractivity contribution in [2.45, 2.75) is 25.9 Å². The molecule has 8 heteroatoms. The number of carboxylic acids is 1. The Kier molecular flexibility index (Phi) is 9.75. The predicted molar refractivity (Wildman–Crippen MR) is 118 cm³/mol. The van der Waals surface area contributed by atoms with Gasteiger partial charge in [0.1, 0.15) is 18.5 Å². The van der Waals surface area contributed by atoms with Crippen LogP contribution in [0.4, 0.5) is 10.5 Å². The smallest absolute Gasteiger partial charge is 0.412 e. The molecule has 32 heavy (non-hydrogen) atoms. The van der Waals surface area contributed by atoms with Gasteiger partial charge in [-0.15, -0.1) is 0 Å². The molecule has 0 unspecified atom stereocenters. The molecule has 2 rings (SSSR count). The number of allylic oxidation sites excluding steroid dienone is 1. The quantitative estimate of drug-likeness (QED) is 0.447. The van der Waals surface area contributed by atoms with Gasteiger partial charge in [0.15, 0.2) is 0 Å². The van der Waals surface area contributed by atoms with E-state index in [1.165, 1.54) is 0 Å². The van der Waals surface area contributed by atoms with Crippen molar-refractivity contribution in [3.05, 3.63) is 71.8 Å². The number of aliphatic carboxylic acids is 1. The SMILES string of the molecule is C[C@@H](CC/C=C/C(=O)O)[C@H](OC(=O)Nc1ccc(C#N)cc1)c1ccccc1OCCO. The van der Waals surface area contributed by atoms with E-state index in [0.29, 0.717) is 35.4 Å². The molecule has 0 fully saturated rings. The summed E-state index contributed by atoms with van der Waals surface area (Å²) in [5.41, 5.74) is 1.60. The number of carbonyl (C=O) groups is 2. The summed E-state index contributed by atoms with van der Waals surface area (Å²) in [6.45, 7) is 1.84. The Morgan fingerprint density at radius 1 is 1.19 bits per heavy atom. The van der Waals surface area contributed by atoms with Crippen LogP contribution < -0.4 is 10.1 Å². The van der Waals surface area contributed by atoms with Gasteiger partial charge in [0.05, 0.1) is 18.2 Å². The highest BCUT2D eigenvalue weighted by atomic mass is 16.6. The lowest BCUT2D eigenvalue weighted by Crippen LogP contribution is -2.22. The number of nitriles is 1. The first-order valence-electron chi connectivity index (χ1n) is 10.1. The molecule has 0 aliphatic carbocycles. The van der Waals surface area contributed by atoms with E-state index in [9.17, 15) is 9.59 Å². The number of para-hydroxylation sites is 1. The number of aliphatic hydroxyl groups is 1. The maximum absolute atomic E-state index is 12.6. The molecule has 0 saturated heterocycles. The minimum Gasteiger partial charge on any atom is -0.491 e. The van der Waals surface area contributed by atoms with E-state index in [1.54, 1.807) is 54.6 Å². The number of aliphatic hydroxyl groups excluding tert-OH is 1. The van der Waals surface area contributed by atoms with Crippen LogP contribution in [-0.4, -0.2) is 35.5 Å². The zero-order chi connectivity index (χ0) is 23.3. The highest BCUT2D eigenvalue weighted by molar-refractivity contribution is 5.84. The third kappa shape index (κ3) is 7.78.